The summed E-state index contributed by atoms with van der Waals surface area (Å²) in [6.45, 7) is 3.24. The fourth-order valence-electron chi connectivity index (χ4n) is 1.45. The number of carbonyl (C=O) groups is 1. The predicted molar refractivity (Wildman–Crippen MR) is 56.1 cm³/mol. The van der Waals surface area contributed by atoms with Crippen LogP contribution in [-0.2, 0) is 11.2 Å². The summed E-state index contributed by atoms with van der Waals surface area (Å²) in [6, 6.07) is 3.08. The maximum Gasteiger partial charge on any atom is 0.309 e. The molecule has 0 amide bonds. The topological polar surface area (TPSA) is 37.3 Å². The van der Waals surface area contributed by atoms with E-state index < -0.39 is 23.0 Å². The van der Waals surface area contributed by atoms with E-state index in [9.17, 15) is 13.6 Å². The number of carboxylic acids is 1. The summed E-state index contributed by atoms with van der Waals surface area (Å²) < 4.78 is 26.3. The van der Waals surface area contributed by atoms with Gasteiger partial charge in [-0.3, -0.25) is 4.79 Å². The zero-order valence-electron chi connectivity index (χ0n) is 9.26. The normalized spacial score (nSPS) is 14.5. The Kier molecular flexibility index (Phi) is 3.62. The van der Waals surface area contributed by atoms with E-state index in [0.29, 0.717) is 6.42 Å². The minimum absolute atomic E-state index is 0.0115. The van der Waals surface area contributed by atoms with E-state index in [0.717, 1.165) is 18.2 Å². The van der Waals surface area contributed by atoms with Gasteiger partial charge in [0.15, 0.2) is 0 Å². The van der Waals surface area contributed by atoms with Crippen LogP contribution in [0.1, 0.15) is 25.8 Å². The summed E-state index contributed by atoms with van der Waals surface area (Å²) >= 11 is 0. The third-order valence-corrected chi connectivity index (χ3v) is 2.89. The molecule has 0 heterocycles. The minimum Gasteiger partial charge on any atom is -0.481 e. The molecule has 0 bridgehead atoms. The Morgan fingerprint density at radius 2 is 2.06 bits per heavy atom. The van der Waals surface area contributed by atoms with Gasteiger partial charge in [-0.05, 0) is 43.5 Å². The van der Waals surface area contributed by atoms with Crippen molar-refractivity contribution in [2.75, 3.05) is 0 Å². The Morgan fingerprint density at radius 3 is 2.56 bits per heavy atom. The molecule has 16 heavy (non-hydrogen) atoms. The summed E-state index contributed by atoms with van der Waals surface area (Å²) in [6.07, 6.45) is 0.348. The highest BCUT2D eigenvalue weighted by atomic mass is 19.1. The van der Waals surface area contributed by atoms with Crippen LogP contribution in [0, 0.1) is 17.0 Å². The molecule has 0 aliphatic rings. The van der Waals surface area contributed by atoms with Crippen LogP contribution in [0.15, 0.2) is 18.2 Å². The van der Waals surface area contributed by atoms with E-state index in [1.807, 2.05) is 0 Å². The van der Waals surface area contributed by atoms with Gasteiger partial charge in [0.2, 0.25) is 0 Å². The van der Waals surface area contributed by atoms with E-state index in [2.05, 4.69) is 0 Å². The van der Waals surface area contributed by atoms with E-state index in [1.54, 1.807) is 6.92 Å². The van der Waals surface area contributed by atoms with Crippen molar-refractivity contribution >= 4 is 5.97 Å². The van der Waals surface area contributed by atoms with Crippen LogP contribution in [0.3, 0.4) is 0 Å². The van der Waals surface area contributed by atoms with Crippen LogP contribution in [-0.4, -0.2) is 11.1 Å². The van der Waals surface area contributed by atoms with Gasteiger partial charge in [0.05, 0.1) is 5.41 Å². The number of aliphatic carboxylic acids is 1. The predicted octanol–water partition coefficient (Wildman–Crippen LogP) is 3.01. The molecule has 0 spiro atoms. The monoisotopic (exact) mass is 228 g/mol. The average Bonchev–Trinajstić information content (AvgIpc) is 2.23. The van der Waals surface area contributed by atoms with Gasteiger partial charge in [-0.25, -0.2) is 8.78 Å². The molecule has 0 saturated heterocycles. The number of rotatable bonds is 4. The Bertz CT molecular complexity index is 404. The lowest BCUT2D eigenvalue weighted by Gasteiger charge is -2.23. The van der Waals surface area contributed by atoms with Gasteiger partial charge in [0.25, 0.3) is 0 Å². The maximum atomic E-state index is 13.3. The van der Waals surface area contributed by atoms with Gasteiger partial charge < -0.3 is 5.11 Å². The zero-order valence-corrected chi connectivity index (χ0v) is 9.26. The second-order valence-electron chi connectivity index (χ2n) is 4.13. The van der Waals surface area contributed by atoms with Crippen LogP contribution in [0.2, 0.25) is 0 Å². The van der Waals surface area contributed by atoms with Crippen molar-refractivity contribution in [2.24, 2.45) is 5.41 Å². The lowest BCUT2D eigenvalue weighted by atomic mass is 9.81. The molecule has 0 aliphatic heterocycles. The molecule has 0 radical (unpaired) electrons. The molecule has 0 fully saturated rings. The number of carboxylic acid groups (broad SMARTS) is 1. The van der Waals surface area contributed by atoms with Crippen LogP contribution >= 0.6 is 0 Å². The standard InChI is InChI=1S/C12H14F2O2/c1-3-12(2,11(15)16)7-8-6-9(13)4-5-10(8)14/h4-6H,3,7H2,1-2H3,(H,15,16). The van der Waals surface area contributed by atoms with Gasteiger partial charge in [0.1, 0.15) is 11.6 Å². The maximum absolute atomic E-state index is 13.3. The van der Waals surface area contributed by atoms with Crippen LogP contribution in [0.5, 0.6) is 0 Å². The van der Waals surface area contributed by atoms with Crippen molar-refractivity contribution in [1.29, 1.82) is 0 Å². The number of benzene rings is 1. The fourth-order valence-corrected chi connectivity index (χ4v) is 1.45. The van der Waals surface area contributed by atoms with Gasteiger partial charge in [-0.2, -0.15) is 0 Å². The molecule has 88 valence electrons. The Labute approximate surface area is 92.9 Å². The van der Waals surface area contributed by atoms with E-state index in [1.165, 1.54) is 6.92 Å². The molecule has 1 rings (SSSR count). The molecule has 0 aromatic heterocycles. The number of hydrogen-bond acceptors (Lipinski definition) is 1. The first-order valence-electron chi connectivity index (χ1n) is 5.06. The molecule has 1 unspecified atom stereocenters. The minimum atomic E-state index is -1.06. The van der Waals surface area contributed by atoms with E-state index >= 15 is 0 Å². The Morgan fingerprint density at radius 1 is 1.44 bits per heavy atom. The average molecular weight is 228 g/mol. The van der Waals surface area contributed by atoms with Crippen molar-refractivity contribution in [3.63, 3.8) is 0 Å². The zero-order chi connectivity index (χ0) is 12.3. The quantitative estimate of drug-likeness (QED) is 0.860. The number of halogens is 2. The summed E-state index contributed by atoms with van der Waals surface area (Å²) in [5.74, 6) is -2.12. The highest BCUT2D eigenvalue weighted by molar-refractivity contribution is 5.74. The summed E-state index contributed by atoms with van der Waals surface area (Å²) in [5, 5.41) is 9.04. The summed E-state index contributed by atoms with van der Waals surface area (Å²) in [4.78, 5) is 11.0. The first-order valence-corrected chi connectivity index (χ1v) is 5.06. The molecular weight excluding hydrogens is 214 g/mol. The van der Waals surface area contributed by atoms with Crippen molar-refractivity contribution < 1.29 is 18.7 Å². The first-order chi connectivity index (χ1) is 7.39. The Hall–Kier alpha value is -1.45. The number of hydrogen-bond donors (Lipinski definition) is 1. The lowest BCUT2D eigenvalue weighted by Crippen LogP contribution is -2.29. The largest absolute Gasteiger partial charge is 0.481 e. The SMILES string of the molecule is CCC(C)(Cc1cc(F)ccc1F)C(=O)O. The molecule has 4 heteroatoms. The van der Waals surface area contributed by atoms with Gasteiger partial charge in [-0.1, -0.05) is 6.92 Å². The second kappa shape index (κ2) is 4.60. The second-order valence-corrected chi connectivity index (χ2v) is 4.13. The molecular formula is C12H14F2O2. The van der Waals surface area contributed by atoms with Crippen molar-refractivity contribution in [3.8, 4) is 0 Å². The first kappa shape index (κ1) is 12.6. The summed E-state index contributed by atoms with van der Waals surface area (Å²) in [5.41, 5.74) is -0.957. The van der Waals surface area contributed by atoms with Gasteiger partial charge in [-0.15, -0.1) is 0 Å². The molecule has 1 atom stereocenters. The van der Waals surface area contributed by atoms with Gasteiger partial charge in [0, 0.05) is 0 Å². The van der Waals surface area contributed by atoms with Crippen molar-refractivity contribution in [3.05, 3.63) is 35.4 Å². The molecule has 1 aromatic carbocycles. The van der Waals surface area contributed by atoms with Crippen LogP contribution in [0.4, 0.5) is 8.78 Å². The molecule has 2 nitrogen and oxygen atoms in total. The van der Waals surface area contributed by atoms with E-state index in [4.69, 9.17) is 5.11 Å². The fraction of sp³-hybridized carbons (Fsp3) is 0.417. The van der Waals surface area contributed by atoms with E-state index in [-0.39, 0.29) is 12.0 Å². The highest BCUT2D eigenvalue weighted by Crippen LogP contribution is 2.28. The van der Waals surface area contributed by atoms with Crippen LogP contribution in [0.25, 0.3) is 0 Å². The van der Waals surface area contributed by atoms with Crippen molar-refractivity contribution in [1.82, 2.24) is 0 Å². The van der Waals surface area contributed by atoms with Crippen molar-refractivity contribution in [2.45, 2.75) is 26.7 Å². The molecule has 1 N–H and O–H groups in total. The summed E-state index contributed by atoms with van der Waals surface area (Å²) in [7, 11) is 0. The Balaban J connectivity index is 3.03. The molecule has 0 aliphatic carbocycles. The highest BCUT2D eigenvalue weighted by Gasteiger charge is 2.32. The third kappa shape index (κ3) is 2.56. The molecule has 0 saturated carbocycles. The smallest absolute Gasteiger partial charge is 0.309 e. The third-order valence-electron chi connectivity index (χ3n) is 2.89. The lowest BCUT2D eigenvalue weighted by molar-refractivity contribution is -0.148. The molecule has 1 aromatic rings. The van der Waals surface area contributed by atoms with Crippen LogP contribution < -0.4 is 0 Å². The van der Waals surface area contributed by atoms with Gasteiger partial charge >= 0.3 is 5.97 Å².